The number of hydrogen-bond acceptors (Lipinski definition) is 3. The summed E-state index contributed by atoms with van der Waals surface area (Å²) in [5.74, 6) is 0.254. The predicted octanol–water partition coefficient (Wildman–Crippen LogP) is 4.16. The Bertz CT molecular complexity index is 702. The highest BCUT2D eigenvalue weighted by Gasteiger charge is 2.08. The summed E-state index contributed by atoms with van der Waals surface area (Å²) in [4.78, 5) is 12.0. The smallest absolute Gasteiger partial charge is 0.272 e. The van der Waals surface area contributed by atoms with Crippen LogP contribution in [0.4, 0.5) is 0 Å². The standard InChI is InChI=1S/C16H14Cl2N2O2/c1-2-22-15-8-7-12(17)9-11(15)10-19-20-16(21)13-5-3-4-6-14(13)18/h3-10H,2H2,1H3,(H,20,21)/b19-10-. The molecule has 2 rings (SSSR count). The molecule has 0 bridgehead atoms. The van der Waals surface area contributed by atoms with Crippen molar-refractivity contribution >= 4 is 35.3 Å². The van der Waals surface area contributed by atoms with E-state index in [4.69, 9.17) is 27.9 Å². The fourth-order valence-electron chi connectivity index (χ4n) is 1.77. The van der Waals surface area contributed by atoms with Crippen LogP contribution in [0, 0.1) is 0 Å². The van der Waals surface area contributed by atoms with E-state index < -0.39 is 0 Å². The summed E-state index contributed by atoms with van der Waals surface area (Å²) in [5, 5.41) is 4.85. The molecule has 0 aromatic heterocycles. The summed E-state index contributed by atoms with van der Waals surface area (Å²) in [6, 6.07) is 11.9. The maximum atomic E-state index is 12.0. The molecule has 0 unspecified atom stereocenters. The first-order valence-corrected chi connectivity index (χ1v) is 7.37. The van der Waals surface area contributed by atoms with Gasteiger partial charge in [-0.25, -0.2) is 5.43 Å². The monoisotopic (exact) mass is 336 g/mol. The van der Waals surface area contributed by atoms with Crippen molar-refractivity contribution < 1.29 is 9.53 Å². The van der Waals surface area contributed by atoms with Crippen molar-refractivity contribution in [3.05, 3.63) is 63.6 Å². The van der Waals surface area contributed by atoms with Crippen LogP contribution < -0.4 is 10.2 Å². The zero-order valence-electron chi connectivity index (χ0n) is 11.8. The van der Waals surface area contributed by atoms with Crippen LogP contribution in [-0.4, -0.2) is 18.7 Å². The SMILES string of the molecule is CCOc1ccc(Cl)cc1/C=N\NC(=O)c1ccccc1Cl. The van der Waals surface area contributed by atoms with Gasteiger partial charge in [0, 0.05) is 10.6 Å². The highest BCUT2D eigenvalue weighted by Crippen LogP contribution is 2.21. The van der Waals surface area contributed by atoms with Crippen molar-refractivity contribution in [2.75, 3.05) is 6.61 Å². The number of nitrogens with zero attached hydrogens (tertiary/aromatic N) is 1. The molecule has 0 radical (unpaired) electrons. The number of hydrazone groups is 1. The summed E-state index contributed by atoms with van der Waals surface area (Å²) < 4.78 is 5.47. The number of rotatable bonds is 5. The van der Waals surface area contributed by atoms with E-state index in [0.717, 1.165) is 0 Å². The second-order valence-corrected chi connectivity index (χ2v) is 5.14. The van der Waals surface area contributed by atoms with Crippen LogP contribution >= 0.6 is 23.2 Å². The van der Waals surface area contributed by atoms with E-state index in [1.54, 1.807) is 42.5 Å². The van der Waals surface area contributed by atoms with Crippen molar-refractivity contribution in [3.63, 3.8) is 0 Å². The van der Waals surface area contributed by atoms with E-state index >= 15 is 0 Å². The quantitative estimate of drug-likeness (QED) is 0.658. The number of benzene rings is 2. The molecular formula is C16H14Cl2N2O2. The van der Waals surface area contributed by atoms with Crippen LogP contribution in [-0.2, 0) is 0 Å². The van der Waals surface area contributed by atoms with Crippen LogP contribution in [0.5, 0.6) is 5.75 Å². The summed E-state index contributed by atoms with van der Waals surface area (Å²) in [5.41, 5.74) is 3.46. The number of carbonyl (C=O) groups is 1. The third kappa shape index (κ3) is 4.23. The fraction of sp³-hybridized carbons (Fsp3) is 0.125. The zero-order chi connectivity index (χ0) is 15.9. The van der Waals surface area contributed by atoms with Gasteiger partial charge in [-0.1, -0.05) is 35.3 Å². The van der Waals surface area contributed by atoms with Gasteiger partial charge in [0.2, 0.25) is 0 Å². The predicted molar refractivity (Wildman–Crippen MR) is 89.1 cm³/mol. The number of nitrogens with one attached hydrogen (secondary N) is 1. The van der Waals surface area contributed by atoms with E-state index in [1.807, 2.05) is 6.92 Å². The average Bonchev–Trinajstić information content (AvgIpc) is 2.50. The van der Waals surface area contributed by atoms with Crippen LogP contribution in [0.1, 0.15) is 22.8 Å². The molecule has 0 saturated heterocycles. The van der Waals surface area contributed by atoms with Crippen LogP contribution in [0.3, 0.4) is 0 Å². The van der Waals surface area contributed by atoms with Crippen molar-refractivity contribution in [1.82, 2.24) is 5.43 Å². The van der Waals surface area contributed by atoms with Gasteiger partial charge < -0.3 is 4.74 Å². The lowest BCUT2D eigenvalue weighted by atomic mass is 10.2. The minimum absolute atomic E-state index is 0.359. The lowest BCUT2D eigenvalue weighted by Crippen LogP contribution is -2.18. The molecule has 4 nitrogen and oxygen atoms in total. The Kier molecular flexibility index (Phi) is 5.81. The molecule has 0 heterocycles. The van der Waals surface area contributed by atoms with E-state index in [9.17, 15) is 4.79 Å². The summed E-state index contributed by atoms with van der Waals surface area (Å²) in [7, 11) is 0. The Morgan fingerprint density at radius 3 is 2.77 bits per heavy atom. The molecule has 0 aliphatic heterocycles. The number of amides is 1. The molecule has 1 N–H and O–H groups in total. The third-order valence-electron chi connectivity index (χ3n) is 2.76. The summed E-state index contributed by atoms with van der Waals surface area (Å²) in [6.45, 7) is 2.41. The minimum atomic E-state index is -0.387. The van der Waals surface area contributed by atoms with Gasteiger partial charge >= 0.3 is 0 Å². The Morgan fingerprint density at radius 2 is 2.05 bits per heavy atom. The molecule has 0 saturated carbocycles. The molecule has 0 spiro atoms. The highest BCUT2D eigenvalue weighted by molar-refractivity contribution is 6.33. The van der Waals surface area contributed by atoms with E-state index in [-0.39, 0.29) is 5.91 Å². The summed E-state index contributed by atoms with van der Waals surface area (Å²) >= 11 is 11.9. The number of carbonyl (C=O) groups excluding carboxylic acids is 1. The van der Waals surface area contributed by atoms with Gasteiger partial charge in [0.15, 0.2) is 0 Å². The maximum absolute atomic E-state index is 12.0. The number of ether oxygens (including phenoxy) is 1. The molecular weight excluding hydrogens is 323 g/mol. The molecule has 114 valence electrons. The van der Waals surface area contributed by atoms with Crippen molar-refractivity contribution in [2.45, 2.75) is 6.92 Å². The van der Waals surface area contributed by atoms with E-state index in [2.05, 4.69) is 10.5 Å². The van der Waals surface area contributed by atoms with Crippen LogP contribution in [0.2, 0.25) is 10.0 Å². The van der Waals surface area contributed by atoms with Gasteiger partial charge in [0.05, 0.1) is 23.4 Å². The van der Waals surface area contributed by atoms with Gasteiger partial charge in [-0.3, -0.25) is 4.79 Å². The van der Waals surface area contributed by atoms with Gasteiger partial charge in [-0.2, -0.15) is 5.10 Å². The lowest BCUT2D eigenvalue weighted by molar-refractivity contribution is 0.0955. The molecule has 6 heteroatoms. The second kappa shape index (κ2) is 7.82. The first-order valence-electron chi connectivity index (χ1n) is 6.62. The lowest BCUT2D eigenvalue weighted by Gasteiger charge is -2.07. The molecule has 0 atom stereocenters. The molecule has 0 fully saturated rings. The van der Waals surface area contributed by atoms with E-state index in [0.29, 0.717) is 33.5 Å². The molecule has 2 aromatic rings. The molecule has 1 amide bonds. The first-order chi connectivity index (χ1) is 10.6. The Labute approximate surface area is 138 Å². The van der Waals surface area contributed by atoms with Gasteiger partial charge in [0.25, 0.3) is 5.91 Å². The fourth-order valence-corrected chi connectivity index (χ4v) is 2.18. The second-order valence-electron chi connectivity index (χ2n) is 4.29. The summed E-state index contributed by atoms with van der Waals surface area (Å²) in [6.07, 6.45) is 1.48. The number of hydrogen-bond donors (Lipinski definition) is 1. The van der Waals surface area contributed by atoms with Gasteiger partial charge in [0.1, 0.15) is 5.75 Å². The maximum Gasteiger partial charge on any atom is 0.272 e. The van der Waals surface area contributed by atoms with Gasteiger partial charge in [-0.15, -0.1) is 0 Å². The Morgan fingerprint density at radius 1 is 1.27 bits per heavy atom. The van der Waals surface area contributed by atoms with Crippen LogP contribution in [0.15, 0.2) is 47.6 Å². The highest BCUT2D eigenvalue weighted by atomic mass is 35.5. The van der Waals surface area contributed by atoms with Crippen molar-refractivity contribution in [2.24, 2.45) is 5.10 Å². The molecule has 0 aliphatic rings. The zero-order valence-corrected chi connectivity index (χ0v) is 13.4. The van der Waals surface area contributed by atoms with Crippen molar-refractivity contribution in [1.29, 1.82) is 0 Å². The first kappa shape index (κ1) is 16.3. The molecule has 0 aliphatic carbocycles. The Balaban J connectivity index is 2.11. The minimum Gasteiger partial charge on any atom is -0.493 e. The topological polar surface area (TPSA) is 50.7 Å². The molecule has 22 heavy (non-hydrogen) atoms. The number of halogens is 2. The van der Waals surface area contributed by atoms with Crippen LogP contribution in [0.25, 0.3) is 0 Å². The Hall–Kier alpha value is -2.04. The molecule has 2 aromatic carbocycles. The van der Waals surface area contributed by atoms with Crippen molar-refractivity contribution in [3.8, 4) is 5.75 Å². The van der Waals surface area contributed by atoms with E-state index in [1.165, 1.54) is 6.21 Å². The van der Waals surface area contributed by atoms with Gasteiger partial charge in [-0.05, 0) is 37.3 Å². The third-order valence-corrected chi connectivity index (χ3v) is 3.32. The average molecular weight is 337 g/mol. The largest absolute Gasteiger partial charge is 0.493 e. The normalized spacial score (nSPS) is 10.7.